The Hall–Kier alpha value is -1.86. The molecule has 0 aliphatic carbocycles. The van der Waals surface area contributed by atoms with Crippen LogP contribution < -0.4 is 4.74 Å². The highest BCUT2D eigenvalue weighted by Gasteiger charge is 2.13. The lowest BCUT2D eigenvalue weighted by molar-refractivity contribution is 0.414. The Morgan fingerprint density at radius 2 is 2.25 bits per heavy atom. The van der Waals surface area contributed by atoms with Gasteiger partial charge in [-0.2, -0.15) is 0 Å². The lowest BCUT2D eigenvalue weighted by Gasteiger charge is -1.96. The molecule has 0 bridgehead atoms. The first kappa shape index (κ1) is 11.9. The van der Waals surface area contributed by atoms with Crippen LogP contribution in [0.4, 0.5) is 0 Å². The standard InChI is InChI=1S/C13H8BrN3O2S/c1-18-8-3-2-7-4-11(19-10(7)5-8)9-6-17-13(15-9)20-12(14)16-17/h2-6H,1H3. The molecule has 4 aromatic rings. The van der Waals surface area contributed by atoms with Gasteiger partial charge in [-0.15, -0.1) is 5.10 Å². The molecule has 0 unspecified atom stereocenters. The van der Waals surface area contributed by atoms with Crippen molar-refractivity contribution < 1.29 is 9.15 Å². The van der Waals surface area contributed by atoms with Crippen LogP contribution >= 0.6 is 27.3 Å². The zero-order valence-corrected chi connectivity index (χ0v) is 12.7. The first-order chi connectivity index (χ1) is 9.72. The van der Waals surface area contributed by atoms with Crippen molar-refractivity contribution in [1.82, 2.24) is 14.6 Å². The highest BCUT2D eigenvalue weighted by Crippen LogP contribution is 2.31. The molecule has 4 rings (SSSR count). The Morgan fingerprint density at radius 3 is 3.05 bits per heavy atom. The number of furan rings is 1. The van der Waals surface area contributed by atoms with Crippen LogP contribution in [0.1, 0.15) is 0 Å². The molecule has 1 aromatic carbocycles. The second kappa shape index (κ2) is 4.32. The van der Waals surface area contributed by atoms with Crippen LogP contribution in [-0.2, 0) is 0 Å². The second-order valence-corrected chi connectivity index (χ2v) is 6.45. The van der Waals surface area contributed by atoms with Gasteiger partial charge < -0.3 is 9.15 Å². The number of aromatic nitrogens is 3. The van der Waals surface area contributed by atoms with Gasteiger partial charge in [0.15, 0.2) is 9.68 Å². The number of imidazole rings is 1. The lowest BCUT2D eigenvalue weighted by atomic mass is 10.2. The van der Waals surface area contributed by atoms with Gasteiger partial charge in [-0.1, -0.05) is 11.3 Å². The SMILES string of the molecule is COc1ccc2cc(-c3cn4nc(Br)sc4n3)oc2c1. The lowest BCUT2D eigenvalue weighted by Crippen LogP contribution is -1.79. The Morgan fingerprint density at radius 1 is 1.35 bits per heavy atom. The number of ether oxygens (including phenoxy) is 1. The fourth-order valence-corrected chi connectivity index (χ4v) is 3.27. The van der Waals surface area contributed by atoms with E-state index >= 15 is 0 Å². The van der Waals surface area contributed by atoms with Crippen LogP contribution in [0.5, 0.6) is 5.75 Å². The summed E-state index contributed by atoms with van der Waals surface area (Å²) >= 11 is 4.81. The van der Waals surface area contributed by atoms with E-state index in [-0.39, 0.29) is 0 Å². The number of methoxy groups -OCH3 is 1. The Bertz CT molecular complexity index is 893. The molecule has 100 valence electrons. The molecular weight excluding hydrogens is 342 g/mol. The number of nitrogens with zero attached hydrogens (tertiary/aromatic N) is 3. The van der Waals surface area contributed by atoms with E-state index < -0.39 is 0 Å². The number of hydrogen-bond donors (Lipinski definition) is 0. The van der Waals surface area contributed by atoms with Gasteiger partial charge in [-0.25, -0.2) is 9.50 Å². The van der Waals surface area contributed by atoms with Gasteiger partial charge in [0.05, 0.1) is 13.3 Å². The average molecular weight is 350 g/mol. The number of hydrogen-bond acceptors (Lipinski definition) is 5. The highest BCUT2D eigenvalue weighted by molar-refractivity contribution is 9.11. The molecule has 0 amide bonds. The fraction of sp³-hybridized carbons (Fsp3) is 0.0769. The third kappa shape index (κ3) is 1.82. The quantitative estimate of drug-likeness (QED) is 0.549. The van der Waals surface area contributed by atoms with Crippen molar-refractivity contribution >= 4 is 43.2 Å². The summed E-state index contributed by atoms with van der Waals surface area (Å²) in [6.45, 7) is 0. The molecule has 0 aliphatic heterocycles. The third-order valence-corrected chi connectivity index (χ3v) is 4.35. The summed E-state index contributed by atoms with van der Waals surface area (Å²) in [6, 6.07) is 7.71. The molecule has 0 radical (unpaired) electrons. The van der Waals surface area contributed by atoms with E-state index in [9.17, 15) is 0 Å². The molecular formula is C13H8BrN3O2S. The Labute approximate surface area is 125 Å². The van der Waals surface area contributed by atoms with E-state index in [2.05, 4.69) is 26.0 Å². The summed E-state index contributed by atoms with van der Waals surface area (Å²) in [5.74, 6) is 1.50. The van der Waals surface area contributed by atoms with Gasteiger partial charge in [0.25, 0.3) is 0 Å². The molecule has 0 saturated carbocycles. The first-order valence-electron chi connectivity index (χ1n) is 5.82. The molecule has 5 nitrogen and oxygen atoms in total. The summed E-state index contributed by atoms with van der Waals surface area (Å²) < 4.78 is 13.6. The van der Waals surface area contributed by atoms with Gasteiger partial charge in [0, 0.05) is 11.5 Å². The van der Waals surface area contributed by atoms with E-state index in [1.54, 1.807) is 11.6 Å². The number of fused-ring (bicyclic) bond motifs is 2. The summed E-state index contributed by atoms with van der Waals surface area (Å²) in [5.41, 5.74) is 1.55. The number of rotatable bonds is 2. The van der Waals surface area contributed by atoms with Gasteiger partial charge in [-0.3, -0.25) is 0 Å². The molecule has 3 aromatic heterocycles. The molecule has 0 saturated heterocycles. The van der Waals surface area contributed by atoms with Crippen LogP contribution in [0.25, 0.3) is 27.4 Å². The molecule has 0 fully saturated rings. The Balaban J connectivity index is 1.85. The van der Waals surface area contributed by atoms with E-state index in [0.717, 1.165) is 37.1 Å². The molecule has 0 aliphatic rings. The zero-order valence-electron chi connectivity index (χ0n) is 10.3. The maximum absolute atomic E-state index is 5.84. The van der Waals surface area contributed by atoms with Crippen LogP contribution in [0.2, 0.25) is 0 Å². The van der Waals surface area contributed by atoms with Crippen LogP contribution in [0, 0.1) is 0 Å². The van der Waals surface area contributed by atoms with Crippen molar-refractivity contribution in [3.05, 3.63) is 34.4 Å². The van der Waals surface area contributed by atoms with Gasteiger partial charge in [-0.05, 0) is 34.1 Å². The van der Waals surface area contributed by atoms with Crippen molar-refractivity contribution in [2.24, 2.45) is 0 Å². The van der Waals surface area contributed by atoms with Crippen molar-refractivity contribution in [3.8, 4) is 17.2 Å². The number of benzene rings is 1. The number of halogens is 1. The second-order valence-electron chi connectivity index (χ2n) is 4.22. The molecule has 20 heavy (non-hydrogen) atoms. The highest BCUT2D eigenvalue weighted by atomic mass is 79.9. The monoisotopic (exact) mass is 349 g/mol. The van der Waals surface area contributed by atoms with Gasteiger partial charge in [0.2, 0.25) is 4.96 Å². The van der Waals surface area contributed by atoms with Crippen LogP contribution in [-0.4, -0.2) is 21.7 Å². The largest absolute Gasteiger partial charge is 0.497 e. The summed E-state index contributed by atoms with van der Waals surface area (Å²) in [5, 5.41) is 5.29. The van der Waals surface area contributed by atoms with E-state index in [1.165, 1.54) is 11.3 Å². The Kier molecular flexibility index (Phi) is 2.58. The molecule has 0 atom stereocenters. The summed E-state index contributed by atoms with van der Waals surface area (Å²) in [4.78, 5) is 5.33. The van der Waals surface area contributed by atoms with Crippen molar-refractivity contribution in [2.75, 3.05) is 7.11 Å². The molecule has 3 heterocycles. The van der Waals surface area contributed by atoms with Crippen molar-refractivity contribution in [2.45, 2.75) is 0 Å². The third-order valence-electron chi connectivity index (χ3n) is 3.00. The van der Waals surface area contributed by atoms with E-state index in [1.807, 2.05) is 30.5 Å². The maximum atomic E-state index is 5.84. The zero-order chi connectivity index (χ0) is 13.7. The van der Waals surface area contributed by atoms with Gasteiger partial charge >= 0.3 is 0 Å². The minimum absolute atomic E-state index is 0.724. The summed E-state index contributed by atoms with van der Waals surface area (Å²) in [7, 11) is 1.64. The average Bonchev–Trinajstić information content (AvgIpc) is 3.08. The molecule has 0 N–H and O–H groups in total. The summed E-state index contributed by atoms with van der Waals surface area (Å²) in [6.07, 6.45) is 1.85. The first-order valence-corrected chi connectivity index (χ1v) is 7.43. The van der Waals surface area contributed by atoms with Gasteiger partial charge in [0.1, 0.15) is 17.0 Å². The normalized spacial score (nSPS) is 11.5. The maximum Gasteiger partial charge on any atom is 0.213 e. The van der Waals surface area contributed by atoms with Crippen LogP contribution in [0.3, 0.4) is 0 Å². The minimum atomic E-state index is 0.724. The predicted octanol–water partition coefficient (Wildman–Crippen LogP) is 3.98. The molecule has 0 spiro atoms. The smallest absolute Gasteiger partial charge is 0.213 e. The van der Waals surface area contributed by atoms with E-state index in [4.69, 9.17) is 9.15 Å². The topological polar surface area (TPSA) is 52.6 Å². The molecule has 7 heteroatoms. The van der Waals surface area contributed by atoms with Crippen molar-refractivity contribution in [3.63, 3.8) is 0 Å². The van der Waals surface area contributed by atoms with Crippen molar-refractivity contribution in [1.29, 1.82) is 0 Å². The van der Waals surface area contributed by atoms with Crippen LogP contribution in [0.15, 0.2) is 38.8 Å². The fourth-order valence-electron chi connectivity index (χ4n) is 2.06. The predicted molar refractivity (Wildman–Crippen MR) is 80.3 cm³/mol. The van der Waals surface area contributed by atoms with E-state index in [0.29, 0.717) is 0 Å². The minimum Gasteiger partial charge on any atom is -0.497 e.